The number of halogens is 7. The summed E-state index contributed by atoms with van der Waals surface area (Å²) in [5.41, 5.74) is -2.67. The van der Waals surface area contributed by atoms with Crippen LogP contribution in [0.1, 0.15) is 54.0 Å². The molecule has 0 aromatic heterocycles. The number of hydrogen-bond donors (Lipinski definition) is 1. The topological polar surface area (TPSA) is 58.6 Å². The lowest BCUT2D eigenvalue weighted by molar-refractivity contribution is -0.143. The third-order valence-electron chi connectivity index (χ3n) is 7.19. The van der Waals surface area contributed by atoms with Gasteiger partial charge < -0.3 is 15.0 Å². The Bertz CT molecular complexity index is 1160. The molecule has 2 aromatic carbocycles. The number of rotatable bonds is 5. The Balaban J connectivity index is 1.69. The first-order valence-electron chi connectivity index (χ1n) is 11.9. The quantitative estimate of drug-likeness (QED) is 0.507. The Morgan fingerprint density at radius 3 is 2.13 bits per heavy atom. The minimum absolute atomic E-state index is 0.0153. The van der Waals surface area contributed by atoms with Crippen molar-refractivity contribution in [2.24, 2.45) is 5.92 Å². The van der Waals surface area contributed by atoms with Crippen molar-refractivity contribution in [3.63, 3.8) is 0 Å². The fraction of sp³-hybridized carbons (Fsp3) is 0.462. The smallest absolute Gasteiger partial charge is 0.368 e. The Kier molecular flexibility index (Phi) is 7.48. The minimum Gasteiger partial charge on any atom is -0.368 e. The zero-order chi connectivity index (χ0) is 28.0. The molecule has 38 heavy (non-hydrogen) atoms. The summed E-state index contributed by atoms with van der Waals surface area (Å²) in [5.74, 6) is -2.37. The van der Waals surface area contributed by atoms with Crippen LogP contribution in [0.4, 0.5) is 30.7 Å². The molecule has 2 aromatic rings. The van der Waals surface area contributed by atoms with E-state index in [0.29, 0.717) is 17.7 Å². The highest BCUT2D eigenvalue weighted by Gasteiger charge is 2.50. The van der Waals surface area contributed by atoms with Gasteiger partial charge in [0.2, 0.25) is 11.8 Å². The van der Waals surface area contributed by atoms with Gasteiger partial charge in [-0.25, -0.2) is 4.39 Å². The molecule has 0 saturated carbocycles. The second-order valence-corrected chi connectivity index (χ2v) is 9.60. The number of piperidine rings is 1. The van der Waals surface area contributed by atoms with E-state index >= 15 is 0 Å². The predicted octanol–water partition coefficient (Wildman–Crippen LogP) is 5.46. The van der Waals surface area contributed by atoms with Gasteiger partial charge in [-0.1, -0.05) is 12.1 Å². The Labute approximate surface area is 213 Å². The van der Waals surface area contributed by atoms with Gasteiger partial charge in [-0.3, -0.25) is 9.59 Å². The molecule has 2 aliphatic rings. The number of benzene rings is 2. The number of carbonyl (C=O) groups is 2. The molecule has 206 valence electrons. The summed E-state index contributed by atoms with van der Waals surface area (Å²) in [7, 11) is 1.45. The van der Waals surface area contributed by atoms with Crippen molar-refractivity contribution in [2.45, 2.75) is 56.3 Å². The molecule has 2 amide bonds. The lowest BCUT2D eigenvalue weighted by atomic mass is 9.81. The lowest BCUT2D eigenvalue weighted by Gasteiger charge is -2.36. The number of ether oxygens (including phenoxy) is 1. The van der Waals surface area contributed by atoms with Gasteiger partial charge in [-0.2, -0.15) is 26.3 Å². The van der Waals surface area contributed by atoms with E-state index in [1.54, 1.807) is 0 Å². The summed E-state index contributed by atoms with van der Waals surface area (Å²) in [6.45, 7) is 1.35. The van der Waals surface area contributed by atoms with Gasteiger partial charge in [0.15, 0.2) is 0 Å². The van der Waals surface area contributed by atoms with Gasteiger partial charge in [0, 0.05) is 37.9 Å². The Morgan fingerprint density at radius 1 is 1.03 bits per heavy atom. The van der Waals surface area contributed by atoms with Crippen molar-refractivity contribution in [1.82, 2.24) is 10.2 Å². The van der Waals surface area contributed by atoms with E-state index in [4.69, 9.17) is 4.74 Å². The average Bonchev–Trinajstić information content (AvgIpc) is 3.21. The molecule has 2 saturated heterocycles. The molecule has 2 aliphatic heterocycles. The summed E-state index contributed by atoms with van der Waals surface area (Å²) in [6, 6.07) is 6.14. The largest absolute Gasteiger partial charge is 0.416 e. The van der Waals surface area contributed by atoms with Crippen LogP contribution in [-0.2, 0) is 26.7 Å². The van der Waals surface area contributed by atoms with Gasteiger partial charge in [0.25, 0.3) is 0 Å². The normalized spacial score (nSPS) is 24.8. The molecule has 0 spiro atoms. The van der Waals surface area contributed by atoms with Gasteiger partial charge in [-0.05, 0) is 54.8 Å². The SMILES string of the molecule is CNC(=O)C1CC(=O)N2C[C@H](O[C@H](C)c3cc(C(F)(F)F)cc(C(F)(F)F)c3)C(c3ccc(F)cc3)C2C1. The van der Waals surface area contributed by atoms with E-state index in [1.807, 2.05) is 0 Å². The van der Waals surface area contributed by atoms with E-state index in [-0.39, 0.29) is 42.8 Å². The van der Waals surface area contributed by atoms with Crippen LogP contribution in [0.15, 0.2) is 42.5 Å². The first kappa shape index (κ1) is 27.9. The van der Waals surface area contributed by atoms with Crippen LogP contribution in [-0.4, -0.2) is 42.5 Å². The van der Waals surface area contributed by atoms with Crippen LogP contribution in [0, 0.1) is 11.7 Å². The fourth-order valence-corrected chi connectivity index (χ4v) is 5.36. The van der Waals surface area contributed by atoms with E-state index in [1.165, 1.54) is 43.1 Å². The van der Waals surface area contributed by atoms with Gasteiger partial charge in [0.1, 0.15) is 5.82 Å². The number of carbonyl (C=O) groups excluding carboxylic acids is 2. The maximum absolute atomic E-state index is 13.6. The molecule has 0 aliphatic carbocycles. The van der Waals surface area contributed by atoms with Crippen LogP contribution in [0.3, 0.4) is 0 Å². The zero-order valence-corrected chi connectivity index (χ0v) is 20.4. The van der Waals surface area contributed by atoms with E-state index < -0.39 is 59.4 Å². The van der Waals surface area contributed by atoms with Crippen molar-refractivity contribution in [2.75, 3.05) is 13.6 Å². The first-order valence-corrected chi connectivity index (χ1v) is 11.9. The third kappa shape index (κ3) is 5.64. The van der Waals surface area contributed by atoms with Gasteiger partial charge >= 0.3 is 12.4 Å². The van der Waals surface area contributed by atoms with Gasteiger partial charge in [0.05, 0.1) is 23.3 Å². The van der Waals surface area contributed by atoms with Crippen LogP contribution >= 0.6 is 0 Å². The molecule has 0 bridgehead atoms. The highest BCUT2D eigenvalue weighted by molar-refractivity contribution is 5.87. The molecule has 12 heteroatoms. The summed E-state index contributed by atoms with van der Waals surface area (Å²) in [5, 5.41) is 2.52. The number of alkyl halides is 6. The Hall–Kier alpha value is -3.15. The van der Waals surface area contributed by atoms with Crippen LogP contribution in [0.2, 0.25) is 0 Å². The van der Waals surface area contributed by atoms with Crippen LogP contribution < -0.4 is 5.32 Å². The molecule has 3 unspecified atom stereocenters. The first-order chi connectivity index (χ1) is 17.7. The summed E-state index contributed by atoms with van der Waals surface area (Å²) < 4.78 is 100.0. The molecular formula is C26H25F7N2O3. The molecule has 1 N–H and O–H groups in total. The third-order valence-corrected chi connectivity index (χ3v) is 7.19. The van der Waals surface area contributed by atoms with Crippen molar-refractivity contribution >= 4 is 11.8 Å². The second kappa shape index (κ2) is 10.2. The average molecular weight is 546 g/mol. The number of amides is 2. The maximum Gasteiger partial charge on any atom is 0.416 e. The molecule has 4 rings (SSSR count). The van der Waals surface area contributed by atoms with Crippen molar-refractivity contribution in [3.05, 3.63) is 70.5 Å². The molecule has 5 atom stereocenters. The highest BCUT2D eigenvalue weighted by Crippen LogP contribution is 2.44. The zero-order valence-electron chi connectivity index (χ0n) is 20.4. The van der Waals surface area contributed by atoms with Crippen LogP contribution in [0.5, 0.6) is 0 Å². The standard InChI is InChI=1S/C26H25F7N2O3/c1-13(15-7-17(25(28,29)30)11-18(8-15)26(31,32)33)38-21-12-35-20(9-16(10-22(35)36)24(37)34-2)23(21)14-3-5-19(27)6-4-14/h3-8,11,13,16,20-21,23H,9-10,12H2,1-2H3,(H,34,37)/t13-,16?,20?,21+,23?/m1/s1. The van der Waals surface area contributed by atoms with E-state index in [2.05, 4.69) is 5.32 Å². The molecule has 2 fully saturated rings. The monoisotopic (exact) mass is 546 g/mol. The summed E-state index contributed by atoms with van der Waals surface area (Å²) in [4.78, 5) is 26.8. The van der Waals surface area contributed by atoms with E-state index in [9.17, 15) is 40.3 Å². The lowest BCUT2D eigenvalue weighted by Crippen LogP contribution is -2.47. The number of hydrogen-bond acceptors (Lipinski definition) is 3. The van der Waals surface area contributed by atoms with Crippen LogP contribution in [0.25, 0.3) is 0 Å². The number of fused-ring (bicyclic) bond motifs is 1. The number of nitrogens with zero attached hydrogens (tertiary/aromatic N) is 1. The highest BCUT2D eigenvalue weighted by atomic mass is 19.4. The minimum atomic E-state index is -5.01. The van der Waals surface area contributed by atoms with Crippen molar-refractivity contribution in [1.29, 1.82) is 0 Å². The Morgan fingerprint density at radius 2 is 1.61 bits per heavy atom. The maximum atomic E-state index is 13.6. The summed E-state index contributed by atoms with van der Waals surface area (Å²) >= 11 is 0. The van der Waals surface area contributed by atoms with Crippen molar-refractivity contribution in [3.8, 4) is 0 Å². The van der Waals surface area contributed by atoms with E-state index in [0.717, 1.165) is 0 Å². The second-order valence-electron chi connectivity index (χ2n) is 9.60. The molecule has 0 radical (unpaired) electrons. The predicted molar refractivity (Wildman–Crippen MR) is 121 cm³/mol. The summed E-state index contributed by atoms with van der Waals surface area (Å²) in [6.07, 6.45) is -11.8. The molecule has 5 nitrogen and oxygen atoms in total. The van der Waals surface area contributed by atoms with Crippen molar-refractivity contribution < 1.29 is 45.1 Å². The molecule has 2 heterocycles. The van der Waals surface area contributed by atoms with Gasteiger partial charge in [-0.15, -0.1) is 0 Å². The number of nitrogens with one attached hydrogen (secondary N) is 1. The fourth-order valence-electron chi connectivity index (χ4n) is 5.36. The molecular weight excluding hydrogens is 521 g/mol.